The van der Waals surface area contributed by atoms with Crippen molar-refractivity contribution >= 4 is 8.80 Å². The molecule has 1 aliphatic heterocycles. The van der Waals surface area contributed by atoms with E-state index in [0.717, 1.165) is 19.1 Å². The van der Waals surface area contributed by atoms with Crippen LogP contribution in [0.3, 0.4) is 0 Å². The van der Waals surface area contributed by atoms with Gasteiger partial charge in [-0.2, -0.15) is 0 Å². The van der Waals surface area contributed by atoms with Gasteiger partial charge in [-0.3, -0.25) is 0 Å². The van der Waals surface area contributed by atoms with E-state index in [1.165, 1.54) is 0 Å². The average Bonchev–Trinajstić information content (AvgIpc) is 3.02. The summed E-state index contributed by atoms with van der Waals surface area (Å²) < 4.78 is 22.8. The Morgan fingerprint density at radius 3 is 1.94 bits per heavy atom. The van der Waals surface area contributed by atoms with Gasteiger partial charge in [0.25, 0.3) is 0 Å². The molecule has 0 aromatic rings. The molecule has 0 aliphatic carbocycles. The van der Waals surface area contributed by atoms with Gasteiger partial charge in [0, 0.05) is 25.9 Å². The van der Waals surface area contributed by atoms with Gasteiger partial charge in [0.15, 0.2) is 0 Å². The van der Waals surface area contributed by atoms with Crippen LogP contribution in [0.15, 0.2) is 0 Å². The Bertz CT molecular complexity index is 192. The molecule has 1 saturated heterocycles. The van der Waals surface area contributed by atoms with Crippen molar-refractivity contribution in [2.75, 3.05) is 26.4 Å². The van der Waals surface area contributed by atoms with Crippen LogP contribution in [0.25, 0.3) is 0 Å². The SMILES string of the molecule is CCO[Si](CC(C)CC1CO1)(OCC)OCC. The third kappa shape index (κ3) is 5.48. The summed E-state index contributed by atoms with van der Waals surface area (Å²) in [6.07, 6.45) is 1.55. The van der Waals surface area contributed by atoms with Gasteiger partial charge in [-0.1, -0.05) is 6.92 Å². The van der Waals surface area contributed by atoms with E-state index < -0.39 is 8.80 Å². The molecule has 5 heteroatoms. The van der Waals surface area contributed by atoms with Gasteiger partial charge in [-0.25, -0.2) is 0 Å². The van der Waals surface area contributed by atoms with Crippen molar-refractivity contribution in [3.63, 3.8) is 0 Å². The summed E-state index contributed by atoms with van der Waals surface area (Å²) in [6.45, 7) is 11.1. The first kappa shape index (κ1) is 15.1. The Morgan fingerprint density at radius 1 is 1.12 bits per heavy atom. The molecule has 1 fully saturated rings. The Balaban J connectivity index is 2.50. The fourth-order valence-corrected chi connectivity index (χ4v) is 5.07. The second-order valence-electron chi connectivity index (χ2n) is 4.48. The summed E-state index contributed by atoms with van der Waals surface area (Å²) in [6, 6.07) is 0.891. The van der Waals surface area contributed by atoms with E-state index in [2.05, 4.69) is 6.92 Å². The highest BCUT2D eigenvalue weighted by molar-refractivity contribution is 6.60. The molecule has 1 aliphatic rings. The molecule has 2 atom stereocenters. The molecule has 0 saturated carbocycles. The third-order valence-electron chi connectivity index (χ3n) is 2.76. The van der Waals surface area contributed by atoms with E-state index in [1.807, 2.05) is 20.8 Å². The molecule has 1 rings (SSSR count). The molecule has 102 valence electrons. The minimum atomic E-state index is -2.45. The molecule has 0 bridgehead atoms. The van der Waals surface area contributed by atoms with Crippen LogP contribution < -0.4 is 0 Å². The van der Waals surface area contributed by atoms with Gasteiger partial charge in [0.05, 0.1) is 12.7 Å². The molecule has 4 nitrogen and oxygen atoms in total. The van der Waals surface area contributed by atoms with Gasteiger partial charge in [-0.15, -0.1) is 0 Å². The Morgan fingerprint density at radius 2 is 1.59 bits per heavy atom. The zero-order chi connectivity index (χ0) is 12.7. The lowest BCUT2D eigenvalue weighted by atomic mass is 10.1. The molecule has 2 unspecified atom stereocenters. The molecular formula is C12H26O4Si. The van der Waals surface area contributed by atoms with E-state index in [0.29, 0.717) is 31.8 Å². The van der Waals surface area contributed by atoms with E-state index in [9.17, 15) is 0 Å². The Kier molecular flexibility index (Phi) is 6.65. The Labute approximate surface area is 106 Å². The van der Waals surface area contributed by atoms with Crippen LogP contribution in [0.2, 0.25) is 6.04 Å². The number of rotatable bonds is 10. The molecule has 0 aromatic heterocycles. The van der Waals surface area contributed by atoms with Gasteiger partial charge in [0.1, 0.15) is 0 Å². The maximum Gasteiger partial charge on any atom is 0.501 e. The molecule has 1 heterocycles. The maximum absolute atomic E-state index is 5.84. The highest BCUT2D eigenvalue weighted by Gasteiger charge is 2.42. The molecule has 0 spiro atoms. The van der Waals surface area contributed by atoms with Crippen molar-refractivity contribution in [2.24, 2.45) is 5.92 Å². The summed E-state index contributed by atoms with van der Waals surface area (Å²) in [4.78, 5) is 0. The summed E-state index contributed by atoms with van der Waals surface area (Å²) in [7, 11) is -2.45. The molecule has 0 amide bonds. The van der Waals surface area contributed by atoms with Crippen LogP contribution in [0.5, 0.6) is 0 Å². The first-order valence-corrected chi connectivity index (χ1v) is 8.62. The van der Waals surface area contributed by atoms with Gasteiger partial charge in [0.2, 0.25) is 0 Å². The minimum Gasteiger partial charge on any atom is -0.374 e. The summed E-state index contributed by atoms with van der Waals surface area (Å²) in [5.41, 5.74) is 0. The average molecular weight is 262 g/mol. The highest BCUT2D eigenvalue weighted by Crippen LogP contribution is 2.28. The van der Waals surface area contributed by atoms with Crippen LogP contribution in [0.1, 0.15) is 34.1 Å². The van der Waals surface area contributed by atoms with Crippen molar-refractivity contribution in [3.05, 3.63) is 0 Å². The zero-order valence-corrected chi connectivity index (χ0v) is 12.5. The molecule has 17 heavy (non-hydrogen) atoms. The number of epoxide rings is 1. The topological polar surface area (TPSA) is 40.2 Å². The summed E-state index contributed by atoms with van der Waals surface area (Å²) in [5.74, 6) is 0.527. The Hall–Kier alpha value is 0.0569. The van der Waals surface area contributed by atoms with Crippen LogP contribution in [0.4, 0.5) is 0 Å². The molecule has 0 aromatic carbocycles. The highest BCUT2D eigenvalue weighted by atomic mass is 28.4. The van der Waals surface area contributed by atoms with Crippen LogP contribution in [0, 0.1) is 5.92 Å². The normalized spacial score (nSPS) is 21.5. The molecule has 0 radical (unpaired) electrons. The van der Waals surface area contributed by atoms with Gasteiger partial charge in [-0.05, 0) is 33.1 Å². The second-order valence-corrected chi connectivity index (χ2v) is 7.12. The lowest BCUT2D eigenvalue weighted by molar-refractivity contribution is 0.0670. The lowest BCUT2D eigenvalue weighted by Crippen LogP contribution is -2.47. The quantitative estimate of drug-likeness (QED) is 0.448. The van der Waals surface area contributed by atoms with Crippen molar-refractivity contribution < 1.29 is 18.0 Å². The van der Waals surface area contributed by atoms with Gasteiger partial charge < -0.3 is 18.0 Å². The van der Waals surface area contributed by atoms with Gasteiger partial charge >= 0.3 is 8.80 Å². The lowest BCUT2D eigenvalue weighted by Gasteiger charge is -2.30. The molecule has 0 N–H and O–H groups in total. The monoisotopic (exact) mass is 262 g/mol. The van der Waals surface area contributed by atoms with E-state index >= 15 is 0 Å². The van der Waals surface area contributed by atoms with Crippen molar-refractivity contribution in [2.45, 2.75) is 46.3 Å². The first-order valence-electron chi connectivity index (χ1n) is 6.69. The van der Waals surface area contributed by atoms with E-state index in [4.69, 9.17) is 18.0 Å². The van der Waals surface area contributed by atoms with E-state index in [-0.39, 0.29) is 0 Å². The predicted molar refractivity (Wildman–Crippen MR) is 69.0 cm³/mol. The van der Waals surface area contributed by atoms with Crippen molar-refractivity contribution in [3.8, 4) is 0 Å². The van der Waals surface area contributed by atoms with Crippen LogP contribution >= 0.6 is 0 Å². The second kappa shape index (κ2) is 7.48. The fourth-order valence-electron chi connectivity index (χ4n) is 2.12. The number of hydrogen-bond acceptors (Lipinski definition) is 4. The minimum absolute atomic E-state index is 0.460. The fraction of sp³-hybridized carbons (Fsp3) is 1.00. The van der Waals surface area contributed by atoms with E-state index in [1.54, 1.807) is 0 Å². The smallest absolute Gasteiger partial charge is 0.374 e. The summed E-state index contributed by atoms with van der Waals surface area (Å²) in [5, 5.41) is 0. The van der Waals surface area contributed by atoms with Crippen molar-refractivity contribution in [1.82, 2.24) is 0 Å². The number of ether oxygens (including phenoxy) is 1. The van der Waals surface area contributed by atoms with Crippen LogP contribution in [-0.4, -0.2) is 41.3 Å². The number of hydrogen-bond donors (Lipinski definition) is 0. The third-order valence-corrected chi connectivity index (χ3v) is 6.14. The molecular weight excluding hydrogens is 236 g/mol. The van der Waals surface area contributed by atoms with Crippen LogP contribution in [-0.2, 0) is 18.0 Å². The maximum atomic E-state index is 5.84. The largest absolute Gasteiger partial charge is 0.501 e. The predicted octanol–water partition coefficient (Wildman–Crippen LogP) is 2.46. The van der Waals surface area contributed by atoms with Crippen molar-refractivity contribution in [1.29, 1.82) is 0 Å². The standard InChI is InChI=1S/C12H26O4Si/c1-5-14-17(15-6-2,16-7-3)10-11(4)8-12-9-13-12/h11-12H,5-10H2,1-4H3. The first-order chi connectivity index (χ1) is 8.15. The zero-order valence-electron chi connectivity index (χ0n) is 11.5. The summed E-state index contributed by atoms with van der Waals surface area (Å²) >= 11 is 0.